The van der Waals surface area contributed by atoms with E-state index in [4.69, 9.17) is 0 Å². The number of alkyl halides is 1. The second-order valence-electron chi connectivity index (χ2n) is 3.15. The molecule has 1 atom stereocenters. The molecule has 0 aromatic heterocycles. The molecule has 0 saturated carbocycles. The highest BCUT2D eigenvalue weighted by Crippen LogP contribution is 2.08. The highest BCUT2D eigenvalue weighted by molar-refractivity contribution is 9.09. The number of hydrogen-bond acceptors (Lipinski definition) is 2. The van der Waals surface area contributed by atoms with Crippen LogP contribution in [0.4, 0.5) is 0 Å². The van der Waals surface area contributed by atoms with Gasteiger partial charge in [0.1, 0.15) is 0 Å². The molecule has 0 spiro atoms. The lowest BCUT2D eigenvalue weighted by atomic mass is 10.3. The maximum Gasteiger partial charge on any atom is 0.0649 e. The molecule has 1 rings (SSSR count). The van der Waals surface area contributed by atoms with E-state index in [1.165, 1.54) is 25.9 Å². The molecule has 1 saturated heterocycles. The van der Waals surface area contributed by atoms with Crippen LogP contribution in [0.15, 0.2) is 0 Å². The van der Waals surface area contributed by atoms with E-state index in [1.54, 1.807) is 0 Å². The van der Waals surface area contributed by atoms with E-state index in [-0.39, 0.29) is 6.10 Å². The summed E-state index contributed by atoms with van der Waals surface area (Å²) in [5.74, 6) is 0. The fourth-order valence-electron chi connectivity index (χ4n) is 1.41. The number of nitrogens with zero attached hydrogens (tertiary/aromatic N) is 1. The van der Waals surface area contributed by atoms with E-state index in [0.29, 0.717) is 5.33 Å². The Morgan fingerprint density at radius 2 is 2.00 bits per heavy atom. The first-order valence-corrected chi connectivity index (χ1v) is 5.41. The van der Waals surface area contributed by atoms with Gasteiger partial charge in [0, 0.05) is 11.9 Å². The summed E-state index contributed by atoms with van der Waals surface area (Å²) in [4.78, 5) is 2.42. The van der Waals surface area contributed by atoms with Crippen LogP contribution < -0.4 is 0 Å². The molecule has 0 aliphatic carbocycles. The zero-order valence-corrected chi connectivity index (χ0v) is 8.39. The van der Waals surface area contributed by atoms with Crippen LogP contribution in [0.25, 0.3) is 0 Å². The molecule has 1 fully saturated rings. The van der Waals surface area contributed by atoms with Crippen molar-refractivity contribution in [3.05, 3.63) is 0 Å². The van der Waals surface area contributed by atoms with E-state index < -0.39 is 0 Å². The molecule has 3 heteroatoms. The fourth-order valence-corrected chi connectivity index (χ4v) is 1.74. The highest BCUT2D eigenvalue weighted by atomic mass is 79.9. The lowest BCUT2D eigenvalue weighted by Crippen LogP contribution is -2.24. The molecular weight excluding hydrogens is 206 g/mol. The second kappa shape index (κ2) is 5.12. The Kier molecular flexibility index (Phi) is 4.41. The van der Waals surface area contributed by atoms with E-state index in [0.717, 1.165) is 13.0 Å². The predicted octanol–water partition coefficient (Wildman–Crippen LogP) is 1.23. The molecule has 0 bridgehead atoms. The molecule has 1 heterocycles. The Balaban J connectivity index is 2.01. The molecule has 66 valence electrons. The van der Waals surface area contributed by atoms with Crippen molar-refractivity contribution in [1.29, 1.82) is 0 Å². The molecule has 0 aromatic carbocycles. The molecule has 0 radical (unpaired) electrons. The zero-order valence-electron chi connectivity index (χ0n) is 6.80. The van der Waals surface area contributed by atoms with Gasteiger partial charge in [-0.25, -0.2) is 0 Å². The summed E-state index contributed by atoms with van der Waals surface area (Å²) >= 11 is 3.26. The molecule has 0 aromatic rings. The zero-order chi connectivity index (χ0) is 8.10. The van der Waals surface area contributed by atoms with Gasteiger partial charge in [0.2, 0.25) is 0 Å². The second-order valence-corrected chi connectivity index (χ2v) is 3.79. The first-order chi connectivity index (χ1) is 5.33. The minimum atomic E-state index is -0.157. The van der Waals surface area contributed by atoms with Crippen molar-refractivity contribution in [2.75, 3.05) is 25.0 Å². The van der Waals surface area contributed by atoms with Crippen molar-refractivity contribution < 1.29 is 5.11 Å². The maximum atomic E-state index is 9.24. The lowest BCUT2D eigenvalue weighted by Gasteiger charge is -2.15. The van der Waals surface area contributed by atoms with Gasteiger partial charge in [-0.15, -0.1) is 0 Å². The smallest absolute Gasteiger partial charge is 0.0649 e. The van der Waals surface area contributed by atoms with Crippen LogP contribution in [-0.2, 0) is 0 Å². The summed E-state index contributed by atoms with van der Waals surface area (Å²) in [6.45, 7) is 3.52. The van der Waals surface area contributed by atoms with Gasteiger partial charge < -0.3 is 10.0 Å². The van der Waals surface area contributed by atoms with Crippen molar-refractivity contribution in [3.63, 3.8) is 0 Å². The van der Waals surface area contributed by atoms with E-state index in [2.05, 4.69) is 20.8 Å². The average Bonchev–Trinajstić information content (AvgIpc) is 2.52. The van der Waals surface area contributed by atoms with Crippen LogP contribution >= 0.6 is 15.9 Å². The number of hydrogen-bond donors (Lipinski definition) is 1. The van der Waals surface area contributed by atoms with Gasteiger partial charge in [0.25, 0.3) is 0 Å². The van der Waals surface area contributed by atoms with Gasteiger partial charge >= 0.3 is 0 Å². The number of rotatable bonds is 4. The SMILES string of the molecule is OC(CBr)CCN1CCCC1. The summed E-state index contributed by atoms with van der Waals surface area (Å²) in [5.41, 5.74) is 0. The normalized spacial score (nSPS) is 22.4. The highest BCUT2D eigenvalue weighted by Gasteiger charge is 2.12. The topological polar surface area (TPSA) is 23.5 Å². The number of halogens is 1. The third kappa shape index (κ3) is 3.54. The summed E-state index contributed by atoms with van der Waals surface area (Å²) in [6.07, 6.45) is 3.43. The van der Waals surface area contributed by atoms with Gasteiger partial charge in [-0.1, -0.05) is 15.9 Å². The molecule has 1 aliphatic rings. The van der Waals surface area contributed by atoms with Crippen LogP contribution in [0.1, 0.15) is 19.3 Å². The van der Waals surface area contributed by atoms with Crippen LogP contribution in [-0.4, -0.2) is 41.1 Å². The minimum absolute atomic E-state index is 0.157. The summed E-state index contributed by atoms with van der Waals surface area (Å²) in [7, 11) is 0. The van der Waals surface area contributed by atoms with Crippen LogP contribution in [0.5, 0.6) is 0 Å². The number of aliphatic hydroxyl groups excluding tert-OH is 1. The minimum Gasteiger partial charge on any atom is -0.392 e. The van der Waals surface area contributed by atoms with E-state index in [9.17, 15) is 5.11 Å². The summed E-state index contributed by atoms with van der Waals surface area (Å²) in [5, 5.41) is 9.95. The monoisotopic (exact) mass is 221 g/mol. The van der Waals surface area contributed by atoms with E-state index in [1.807, 2.05) is 0 Å². The lowest BCUT2D eigenvalue weighted by molar-refractivity contribution is 0.169. The standard InChI is InChI=1S/C8H16BrNO/c9-7-8(11)3-6-10-4-1-2-5-10/h8,11H,1-7H2. The van der Waals surface area contributed by atoms with Crippen molar-refractivity contribution in [2.24, 2.45) is 0 Å². The Morgan fingerprint density at radius 1 is 1.36 bits per heavy atom. The molecule has 2 nitrogen and oxygen atoms in total. The number of likely N-dealkylation sites (tertiary alicyclic amines) is 1. The van der Waals surface area contributed by atoms with Crippen LogP contribution in [0.3, 0.4) is 0 Å². The van der Waals surface area contributed by atoms with Crippen LogP contribution in [0, 0.1) is 0 Å². The first kappa shape index (κ1) is 9.49. The quantitative estimate of drug-likeness (QED) is 0.723. The third-order valence-electron chi connectivity index (χ3n) is 2.16. The van der Waals surface area contributed by atoms with Crippen molar-refractivity contribution in [1.82, 2.24) is 4.90 Å². The Hall–Kier alpha value is 0.400. The van der Waals surface area contributed by atoms with Crippen molar-refractivity contribution >= 4 is 15.9 Å². The molecule has 1 aliphatic heterocycles. The Morgan fingerprint density at radius 3 is 2.55 bits per heavy atom. The molecule has 1 unspecified atom stereocenters. The molecule has 11 heavy (non-hydrogen) atoms. The van der Waals surface area contributed by atoms with Gasteiger partial charge in [0.15, 0.2) is 0 Å². The number of aliphatic hydroxyl groups is 1. The first-order valence-electron chi connectivity index (χ1n) is 4.29. The molecule has 0 amide bonds. The molecular formula is C8H16BrNO. The fraction of sp³-hybridized carbons (Fsp3) is 1.00. The summed E-state index contributed by atoms with van der Waals surface area (Å²) < 4.78 is 0. The van der Waals surface area contributed by atoms with Gasteiger partial charge in [0.05, 0.1) is 6.10 Å². The largest absolute Gasteiger partial charge is 0.392 e. The van der Waals surface area contributed by atoms with Crippen molar-refractivity contribution in [2.45, 2.75) is 25.4 Å². The van der Waals surface area contributed by atoms with Gasteiger partial charge in [-0.05, 0) is 32.4 Å². The van der Waals surface area contributed by atoms with E-state index >= 15 is 0 Å². The van der Waals surface area contributed by atoms with Gasteiger partial charge in [-0.2, -0.15) is 0 Å². The van der Waals surface area contributed by atoms with Crippen LogP contribution in [0.2, 0.25) is 0 Å². The van der Waals surface area contributed by atoms with Crippen molar-refractivity contribution in [3.8, 4) is 0 Å². The third-order valence-corrected chi connectivity index (χ3v) is 2.90. The predicted molar refractivity (Wildman–Crippen MR) is 50.1 cm³/mol. The Bertz CT molecular complexity index is 104. The average molecular weight is 222 g/mol. The maximum absolute atomic E-state index is 9.24. The Labute approximate surface area is 76.7 Å². The molecule has 1 N–H and O–H groups in total. The van der Waals surface area contributed by atoms with Gasteiger partial charge in [-0.3, -0.25) is 0 Å². The summed E-state index contributed by atoms with van der Waals surface area (Å²) in [6, 6.07) is 0.